The summed E-state index contributed by atoms with van der Waals surface area (Å²) >= 11 is 0. The standard InChI is InChI=1S/C16H19N3O/c1-11-3-5-12(6-4-11)13-9-14(16(20)19-10-13)15-17-7-2-8-18-15/h2,7-12H,3-6H2,1H3,(H,19,20)/t11-,12-. The van der Waals surface area contributed by atoms with Gasteiger partial charge in [-0.25, -0.2) is 9.97 Å². The van der Waals surface area contributed by atoms with Crippen molar-refractivity contribution in [2.45, 2.75) is 38.5 Å². The summed E-state index contributed by atoms with van der Waals surface area (Å²) in [6.07, 6.45) is 10.1. The topological polar surface area (TPSA) is 58.6 Å². The lowest BCUT2D eigenvalue weighted by molar-refractivity contribution is 0.347. The van der Waals surface area contributed by atoms with E-state index in [9.17, 15) is 4.79 Å². The molecule has 0 saturated heterocycles. The van der Waals surface area contributed by atoms with Gasteiger partial charge < -0.3 is 4.98 Å². The smallest absolute Gasteiger partial charge is 0.259 e. The number of hydrogen-bond acceptors (Lipinski definition) is 3. The third-order valence-corrected chi connectivity index (χ3v) is 4.22. The first-order chi connectivity index (χ1) is 9.74. The summed E-state index contributed by atoms with van der Waals surface area (Å²) < 4.78 is 0. The molecule has 20 heavy (non-hydrogen) atoms. The Kier molecular flexibility index (Phi) is 3.63. The molecule has 2 aromatic rings. The molecule has 1 aliphatic carbocycles. The van der Waals surface area contributed by atoms with E-state index in [1.807, 2.05) is 12.3 Å². The van der Waals surface area contributed by atoms with Crippen LogP contribution >= 0.6 is 0 Å². The lowest BCUT2D eigenvalue weighted by atomic mass is 9.80. The van der Waals surface area contributed by atoms with E-state index in [2.05, 4.69) is 21.9 Å². The molecule has 1 fully saturated rings. The van der Waals surface area contributed by atoms with Gasteiger partial charge in [0.15, 0.2) is 5.82 Å². The molecule has 2 heterocycles. The molecule has 0 radical (unpaired) electrons. The number of rotatable bonds is 2. The number of nitrogens with one attached hydrogen (secondary N) is 1. The summed E-state index contributed by atoms with van der Waals surface area (Å²) in [5.41, 5.74) is 1.66. The van der Waals surface area contributed by atoms with Gasteiger partial charge in [-0.1, -0.05) is 19.8 Å². The average molecular weight is 269 g/mol. The largest absolute Gasteiger partial charge is 0.328 e. The molecule has 4 nitrogen and oxygen atoms in total. The molecule has 1 aliphatic rings. The van der Waals surface area contributed by atoms with Crippen molar-refractivity contribution in [2.75, 3.05) is 0 Å². The Morgan fingerprint density at radius 2 is 1.85 bits per heavy atom. The molecule has 104 valence electrons. The van der Waals surface area contributed by atoms with Crippen LogP contribution in [0.2, 0.25) is 0 Å². The fraction of sp³-hybridized carbons (Fsp3) is 0.438. The van der Waals surface area contributed by atoms with Gasteiger partial charge in [-0.05, 0) is 42.4 Å². The number of aromatic amines is 1. The van der Waals surface area contributed by atoms with Gasteiger partial charge in [-0.15, -0.1) is 0 Å². The van der Waals surface area contributed by atoms with Gasteiger partial charge in [0.05, 0.1) is 5.56 Å². The minimum Gasteiger partial charge on any atom is -0.328 e. The number of pyridine rings is 1. The lowest BCUT2D eigenvalue weighted by Crippen LogP contribution is -2.15. The van der Waals surface area contributed by atoms with Crippen molar-refractivity contribution in [1.82, 2.24) is 15.0 Å². The zero-order valence-electron chi connectivity index (χ0n) is 11.7. The molecule has 0 bridgehead atoms. The molecule has 0 amide bonds. The van der Waals surface area contributed by atoms with Crippen molar-refractivity contribution in [1.29, 1.82) is 0 Å². The number of nitrogens with zero attached hydrogens (tertiary/aromatic N) is 2. The fourth-order valence-corrected chi connectivity index (χ4v) is 2.93. The number of hydrogen-bond donors (Lipinski definition) is 1. The van der Waals surface area contributed by atoms with Crippen LogP contribution in [0.5, 0.6) is 0 Å². The maximum atomic E-state index is 12.0. The normalized spacial score (nSPS) is 22.6. The first kappa shape index (κ1) is 13.0. The SMILES string of the molecule is C[C@H]1CC[C@H](c2c[nH]c(=O)c(-c3ncccn3)c2)CC1. The van der Waals surface area contributed by atoms with Crippen LogP contribution in [0, 0.1) is 5.92 Å². The summed E-state index contributed by atoms with van der Waals surface area (Å²) in [6.45, 7) is 2.31. The summed E-state index contributed by atoms with van der Waals surface area (Å²) in [4.78, 5) is 23.2. The van der Waals surface area contributed by atoms with Crippen LogP contribution in [0.25, 0.3) is 11.4 Å². The minimum absolute atomic E-state index is 0.121. The van der Waals surface area contributed by atoms with Crippen LogP contribution in [0.3, 0.4) is 0 Å². The summed E-state index contributed by atoms with van der Waals surface area (Å²) in [5.74, 6) is 1.87. The van der Waals surface area contributed by atoms with E-state index in [0.29, 0.717) is 17.3 Å². The van der Waals surface area contributed by atoms with Gasteiger partial charge in [-0.3, -0.25) is 4.79 Å². The number of H-pyrrole nitrogens is 1. The Hall–Kier alpha value is -1.97. The maximum absolute atomic E-state index is 12.0. The maximum Gasteiger partial charge on any atom is 0.259 e. The third-order valence-electron chi connectivity index (χ3n) is 4.22. The molecule has 1 saturated carbocycles. The first-order valence-corrected chi connectivity index (χ1v) is 7.24. The van der Waals surface area contributed by atoms with Crippen LogP contribution in [-0.4, -0.2) is 15.0 Å². The highest BCUT2D eigenvalue weighted by Crippen LogP contribution is 2.35. The van der Waals surface area contributed by atoms with E-state index >= 15 is 0 Å². The second-order valence-electron chi connectivity index (χ2n) is 5.71. The van der Waals surface area contributed by atoms with Gasteiger partial charge in [-0.2, -0.15) is 0 Å². The van der Waals surface area contributed by atoms with Gasteiger partial charge in [0.1, 0.15) is 0 Å². The van der Waals surface area contributed by atoms with Crippen molar-refractivity contribution in [2.24, 2.45) is 5.92 Å². The Morgan fingerprint density at radius 1 is 1.15 bits per heavy atom. The average Bonchev–Trinajstić information content (AvgIpc) is 2.50. The van der Waals surface area contributed by atoms with Crippen LogP contribution in [0.15, 0.2) is 35.5 Å². The molecule has 3 rings (SSSR count). The van der Waals surface area contributed by atoms with Gasteiger partial charge in [0.25, 0.3) is 5.56 Å². The monoisotopic (exact) mass is 269 g/mol. The van der Waals surface area contributed by atoms with Gasteiger partial charge in [0.2, 0.25) is 0 Å². The first-order valence-electron chi connectivity index (χ1n) is 7.24. The molecule has 4 heteroatoms. The molecule has 2 aromatic heterocycles. The molecular formula is C16H19N3O. The van der Waals surface area contributed by atoms with Gasteiger partial charge >= 0.3 is 0 Å². The molecular weight excluding hydrogens is 250 g/mol. The van der Waals surface area contributed by atoms with Crippen molar-refractivity contribution in [3.8, 4) is 11.4 Å². The highest BCUT2D eigenvalue weighted by molar-refractivity contribution is 5.54. The van der Waals surface area contributed by atoms with E-state index in [4.69, 9.17) is 0 Å². The van der Waals surface area contributed by atoms with Crippen molar-refractivity contribution in [3.63, 3.8) is 0 Å². The van der Waals surface area contributed by atoms with Crippen molar-refractivity contribution >= 4 is 0 Å². The second kappa shape index (κ2) is 5.57. The summed E-state index contributed by atoms with van der Waals surface area (Å²) in [5, 5.41) is 0. The molecule has 0 spiro atoms. The predicted octanol–water partition coefficient (Wildman–Crippen LogP) is 3.13. The number of aromatic nitrogens is 3. The molecule has 1 N–H and O–H groups in total. The zero-order valence-corrected chi connectivity index (χ0v) is 11.7. The molecule has 0 atom stereocenters. The van der Waals surface area contributed by atoms with Crippen molar-refractivity contribution in [3.05, 3.63) is 46.6 Å². The van der Waals surface area contributed by atoms with Gasteiger partial charge in [0, 0.05) is 18.6 Å². The van der Waals surface area contributed by atoms with Crippen LogP contribution in [-0.2, 0) is 0 Å². The fourth-order valence-electron chi connectivity index (χ4n) is 2.93. The van der Waals surface area contributed by atoms with E-state index in [1.165, 1.54) is 31.2 Å². The lowest BCUT2D eigenvalue weighted by Gasteiger charge is -2.26. The van der Waals surface area contributed by atoms with Crippen molar-refractivity contribution < 1.29 is 0 Å². The Balaban J connectivity index is 1.93. The minimum atomic E-state index is -0.121. The van der Waals surface area contributed by atoms with E-state index in [-0.39, 0.29) is 5.56 Å². The quantitative estimate of drug-likeness (QED) is 0.911. The van der Waals surface area contributed by atoms with E-state index < -0.39 is 0 Å². The predicted molar refractivity (Wildman–Crippen MR) is 78.5 cm³/mol. The van der Waals surface area contributed by atoms with Crippen LogP contribution in [0.1, 0.15) is 44.1 Å². The van der Waals surface area contributed by atoms with Crippen LogP contribution in [0.4, 0.5) is 0 Å². The molecule has 0 unspecified atom stereocenters. The van der Waals surface area contributed by atoms with E-state index in [0.717, 1.165) is 5.92 Å². The summed E-state index contributed by atoms with van der Waals surface area (Å²) in [6, 6.07) is 3.72. The Bertz CT molecular complexity index is 628. The van der Waals surface area contributed by atoms with E-state index in [1.54, 1.807) is 18.5 Å². The Morgan fingerprint density at radius 3 is 2.55 bits per heavy atom. The van der Waals surface area contributed by atoms with Crippen LogP contribution < -0.4 is 5.56 Å². The molecule has 0 aromatic carbocycles. The third kappa shape index (κ3) is 2.64. The molecule has 0 aliphatic heterocycles. The highest BCUT2D eigenvalue weighted by atomic mass is 16.1. The zero-order chi connectivity index (χ0) is 13.9. The summed E-state index contributed by atoms with van der Waals surface area (Å²) in [7, 11) is 0. The second-order valence-corrected chi connectivity index (χ2v) is 5.71. The highest BCUT2D eigenvalue weighted by Gasteiger charge is 2.21. The Labute approximate surface area is 118 Å².